The van der Waals surface area contributed by atoms with Gasteiger partial charge in [0.05, 0.1) is 25.1 Å². The van der Waals surface area contributed by atoms with E-state index in [-0.39, 0.29) is 5.82 Å². The number of hydrogen-bond donors (Lipinski definition) is 1. The van der Waals surface area contributed by atoms with Gasteiger partial charge in [-0.25, -0.2) is 12.8 Å². The van der Waals surface area contributed by atoms with E-state index in [0.29, 0.717) is 17.0 Å². The Bertz CT molecular complexity index is 883. The fourth-order valence-electron chi connectivity index (χ4n) is 2.71. The Kier molecular flexibility index (Phi) is 6.43. The van der Waals surface area contributed by atoms with E-state index < -0.39 is 28.0 Å². The lowest BCUT2D eigenvalue weighted by atomic mass is 10.1. The number of ether oxygens (including phenoxy) is 1. The number of halogens is 1. The summed E-state index contributed by atoms with van der Waals surface area (Å²) in [5.41, 5.74) is 1.07. The van der Waals surface area contributed by atoms with Crippen LogP contribution in [-0.4, -0.2) is 33.7 Å². The number of sulfonamides is 1. The van der Waals surface area contributed by atoms with Crippen LogP contribution >= 0.6 is 0 Å². The minimum Gasteiger partial charge on any atom is -0.497 e. The highest BCUT2D eigenvalue weighted by Crippen LogP contribution is 2.24. The average Bonchev–Trinajstić information content (AvgIpc) is 2.61. The first kappa shape index (κ1) is 20.7. The fourth-order valence-corrected chi connectivity index (χ4v) is 3.88. The number of hydrogen-bond acceptors (Lipinski definition) is 4. The number of carbonyl (C=O) groups is 1. The monoisotopic (exact) mass is 394 g/mol. The molecule has 0 spiro atoms. The zero-order valence-electron chi connectivity index (χ0n) is 15.6. The molecule has 2 unspecified atom stereocenters. The molecule has 2 rings (SSSR count). The summed E-state index contributed by atoms with van der Waals surface area (Å²) in [7, 11) is -2.20. The van der Waals surface area contributed by atoms with Crippen molar-refractivity contribution in [2.24, 2.45) is 0 Å². The second kappa shape index (κ2) is 8.39. The van der Waals surface area contributed by atoms with Crippen molar-refractivity contribution in [2.75, 3.05) is 17.7 Å². The molecule has 1 amide bonds. The molecular weight excluding hydrogens is 371 g/mol. The number of methoxy groups -OCH3 is 1. The van der Waals surface area contributed by atoms with Crippen LogP contribution in [0, 0.1) is 5.82 Å². The number of benzene rings is 2. The van der Waals surface area contributed by atoms with Gasteiger partial charge in [0, 0.05) is 0 Å². The Morgan fingerprint density at radius 2 is 1.63 bits per heavy atom. The lowest BCUT2D eigenvalue weighted by molar-refractivity contribution is -0.122. The first-order chi connectivity index (χ1) is 12.6. The van der Waals surface area contributed by atoms with Crippen LogP contribution in [-0.2, 0) is 14.8 Å². The minimum absolute atomic E-state index is 0.357. The van der Waals surface area contributed by atoms with Crippen molar-refractivity contribution in [1.82, 2.24) is 5.32 Å². The van der Waals surface area contributed by atoms with Gasteiger partial charge in [0.25, 0.3) is 0 Å². The lowest BCUT2D eigenvalue weighted by Crippen LogP contribution is -2.48. The van der Waals surface area contributed by atoms with E-state index in [1.165, 1.54) is 26.2 Å². The summed E-state index contributed by atoms with van der Waals surface area (Å²) < 4.78 is 43.8. The van der Waals surface area contributed by atoms with Crippen molar-refractivity contribution >= 4 is 21.6 Å². The molecule has 2 atom stereocenters. The largest absolute Gasteiger partial charge is 0.497 e. The highest BCUT2D eigenvalue weighted by atomic mass is 32.2. The predicted molar refractivity (Wildman–Crippen MR) is 103 cm³/mol. The number of nitrogens with zero attached hydrogens (tertiary/aromatic N) is 1. The Morgan fingerprint density at radius 3 is 2.11 bits per heavy atom. The van der Waals surface area contributed by atoms with Gasteiger partial charge in [-0.05, 0) is 55.8 Å². The quantitative estimate of drug-likeness (QED) is 0.784. The summed E-state index contributed by atoms with van der Waals surface area (Å²) in [5, 5.41) is 2.77. The number of rotatable bonds is 7. The van der Waals surface area contributed by atoms with Crippen LogP contribution < -0.4 is 14.4 Å². The van der Waals surface area contributed by atoms with Gasteiger partial charge in [-0.1, -0.05) is 12.1 Å². The van der Waals surface area contributed by atoms with Crippen molar-refractivity contribution in [1.29, 1.82) is 0 Å². The molecule has 8 heteroatoms. The topological polar surface area (TPSA) is 75.7 Å². The summed E-state index contributed by atoms with van der Waals surface area (Å²) in [6.45, 7) is 3.26. The smallest absolute Gasteiger partial charge is 0.244 e. The molecular formula is C19H23FN2O4S. The molecule has 6 nitrogen and oxygen atoms in total. The fraction of sp³-hybridized carbons (Fsp3) is 0.316. The van der Waals surface area contributed by atoms with E-state index in [2.05, 4.69) is 5.32 Å². The molecule has 0 saturated carbocycles. The Balaban J connectivity index is 2.22. The molecule has 2 aromatic carbocycles. The van der Waals surface area contributed by atoms with Crippen LogP contribution in [0.2, 0.25) is 0 Å². The van der Waals surface area contributed by atoms with Crippen LogP contribution in [0.25, 0.3) is 0 Å². The van der Waals surface area contributed by atoms with Crippen LogP contribution in [0.1, 0.15) is 25.5 Å². The molecule has 0 fully saturated rings. The lowest BCUT2D eigenvalue weighted by Gasteiger charge is -2.29. The van der Waals surface area contributed by atoms with Gasteiger partial charge in [0.2, 0.25) is 15.9 Å². The van der Waals surface area contributed by atoms with E-state index in [0.717, 1.165) is 10.6 Å². The molecule has 146 valence electrons. The molecule has 27 heavy (non-hydrogen) atoms. The van der Waals surface area contributed by atoms with Crippen LogP contribution in [0.5, 0.6) is 5.75 Å². The van der Waals surface area contributed by atoms with E-state index in [9.17, 15) is 17.6 Å². The first-order valence-electron chi connectivity index (χ1n) is 8.32. The summed E-state index contributed by atoms with van der Waals surface area (Å²) in [6, 6.07) is 10.8. The second-order valence-corrected chi connectivity index (χ2v) is 8.07. The van der Waals surface area contributed by atoms with E-state index >= 15 is 0 Å². The van der Waals surface area contributed by atoms with Gasteiger partial charge in [-0.15, -0.1) is 0 Å². The number of amides is 1. The van der Waals surface area contributed by atoms with Crippen molar-refractivity contribution in [3.8, 4) is 5.75 Å². The van der Waals surface area contributed by atoms with Crippen molar-refractivity contribution in [3.63, 3.8) is 0 Å². The minimum atomic E-state index is -3.71. The highest BCUT2D eigenvalue weighted by Gasteiger charge is 2.29. The van der Waals surface area contributed by atoms with Crippen LogP contribution in [0.4, 0.5) is 10.1 Å². The zero-order chi connectivity index (χ0) is 20.2. The maximum absolute atomic E-state index is 13.1. The summed E-state index contributed by atoms with van der Waals surface area (Å²) in [4.78, 5) is 12.7. The molecule has 0 aliphatic rings. The standard InChI is InChI=1S/C19H23FN2O4S/c1-13(15-5-7-16(20)8-6-15)21-19(23)14(2)22(27(4,24)25)17-9-11-18(26-3)12-10-17/h5-14H,1-4H3,(H,21,23). The molecule has 2 aromatic rings. The normalized spacial score (nSPS) is 13.5. The highest BCUT2D eigenvalue weighted by molar-refractivity contribution is 7.92. The van der Waals surface area contributed by atoms with Gasteiger partial charge in [0.15, 0.2) is 0 Å². The van der Waals surface area contributed by atoms with E-state index in [4.69, 9.17) is 4.74 Å². The molecule has 0 aliphatic heterocycles. The maximum atomic E-state index is 13.1. The average molecular weight is 394 g/mol. The molecule has 0 aromatic heterocycles. The van der Waals surface area contributed by atoms with Gasteiger partial charge < -0.3 is 10.1 Å². The van der Waals surface area contributed by atoms with Crippen LogP contribution in [0.3, 0.4) is 0 Å². The van der Waals surface area contributed by atoms with Gasteiger partial charge in [-0.2, -0.15) is 0 Å². The summed E-state index contributed by atoms with van der Waals surface area (Å²) >= 11 is 0. The first-order valence-corrected chi connectivity index (χ1v) is 10.2. The Labute approximate surface area is 159 Å². The van der Waals surface area contributed by atoms with E-state index in [1.54, 1.807) is 43.3 Å². The van der Waals surface area contributed by atoms with Gasteiger partial charge in [0.1, 0.15) is 17.6 Å². The molecule has 0 radical (unpaired) electrons. The van der Waals surface area contributed by atoms with Crippen LogP contribution in [0.15, 0.2) is 48.5 Å². The Hall–Kier alpha value is -2.61. The van der Waals surface area contributed by atoms with Crippen molar-refractivity contribution in [3.05, 3.63) is 59.9 Å². The predicted octanol–water partition coefficient (Wildman–Crippen LogP) is 2.87. The summed E-state index contributed by atoms with van der Waals surface area (Å²) in [6.07, 6.45) is 1.05. The molecule has 0 bridgehead atoms. The number of carbonyl (C=O) groups excluding carboxylic acids is 1. The summed E-state index contributed by atoms with van der Waals surface area (Å²) in [5.74, 6) is -0.254. The zero-order valence-corrected chi connectivity index (χ0v) is 16.5. The maximum Gasteiger partial charge on any atom is 0.244 e. The Morgan fingerprint density at radius 1 is 1.07 bits per heavy atom. The number of anilines is 1. The van der Waals surface area contributed by atoms with Crippen molar-refractivity contribution < 1.29 is 22.3 Å². The third-order valence-electron chi connectivity index (χ3n) is 4.14. The third kappa shape index (κ3) is 5.19. The molecule has 1 N–H and O–H groups in total. The third-order valence-corrected chi connectivity index (χ3v) is 5.39. The van der Waals surface area contributed by atoms with Gasteiger partial charge in [-0.3, -0.25) is 9.10 Å². The molecule has 0 heterocycles. The molecule has 0 saturated heterocycles. The SMILES string of the molecule is COc1ccc(N(C(C)C(=O)NC(C)c2ccc(F)cc2)S(C)(=O)=O)cc1. The van der Waals surface area contributed by atoms with E-state index in [1.807, 2.05) is 0 Å². The number of nitrogens with one attached hydrogen (secondary N) is 1. The van der Waals surface area contributed by atoms with Crippen molar-refractivity contribution in [2.45, 2.75) is 25.9 Å². The second-order valence-electron chi connectivity index (χ2n) is 6.21. The molecule has 0 aliphatic carbocycles. The van der Waals surface area contributed by atoms with Gasteiger partial charge >= 0.3 is 0 Å².